The second-order valence-electron chi connectivity index (χ2n) is 3.61. The Labute approximate surface area is 99.0 Å². The molecule has 0 fully saturated rings. The zero-order valence-electron chi connectivity index (χ0n) is 10.2. The molecule has 0 saturated heterocycles. The van der Waals surface area contributed by atoms with Gasteiger partial charge in [-0.3, -0.25) is 4.79 Å². The highest BCUT2D eigenvalue weighted by molar-refractivity contribution is 5.86. The molecule has 0 atom stereocenters. The molecule has 1 heterocycles. The van der Waals surface area contributed by atoms with Gasteiger partial charge in [-0.25, -0.2) is 9.48 Å². The van der Waals surface area contributed by atoms with Crippen molar-refractivity contribution in [3.8, 4) is 0 Å². The summed E-state index contributed by atoms with van der Waals surface area (Å²) in [6.45, 7) is 4.28. The van der Waals surface area contributed by atoms with E-state index in [0.29, 0.717) is 18.7 Å². The molecule has 0 aliphatic heterocycles. The van der Waals surface area contributed by atoms with Gasteiger partial charge in [-0.1, -0.05) is 12.1 Å². The number of likely N-dealkylation sites (N-methyl/N-ethyl adjacent to an activating group) is 1. The number of nitrogens with zero attached hydrogens (tertiary/aromatic N) is 4. The highest BCUT2D eigenvalue weighted by Gasteiger charge is 2.19. The third-order valence-electron chi connectivity index (χ3n) is 2.56. The molecule has 0 aromatic carbocycles. The van der Waals surface area contributed by atoms with Crippen molar-refractivity contribution in [3.05, 3.63) is 11.4 Å². The maximum atomic E-state index is 11.7. The minimum absolute atomic E-state index is 0.0216. The van der Waals surface area contributed by atoms with Crippen LogP contribution in [0.15, 0.2) is 0 Å². The molecule has 1 amide bonds. The number of rotatable bonds is 5. The summed E-state index contributed by atoms with van der Waals surface area (Å²) in [5.41, 5.74) is 0.384. The number of aromatic nitrogens is 3. The molecule has 1 aromatic heterocycles. The average Bonchev–Trinajstić information content (AvgIpc) is 2.70. The number of aromatic carboxylic acids is 1. The fourth-order valence-corrected chi connectivity index (χ4v) is 1.40. The Bertz CT molecular complexity index is 427. The highest BCUT2D eigenvalue weighted by atomic mass is 16.4. The molecule has 7 nitrogen and oxygen atoms in total. The second-order valence-corrected chi connectivity index (χ2v) is 3.61. The van der Waals surface area contributed by atoms with Gasteiger partial charge in [0.05, 0.1) is 5.69 Å². The lowest BCUT2D eigenvalue weighted by molar-refractivity contribution is -0.130. The maximum absolute atomic E-state index is 11.7. The van der Waals surface area contributed by atoms with Gasteiger partial charge in [0.15, 0.2) is 5.69 Å². The van der Waals surface area contributed by atoms with E-state index in [2.05, 4.69) is 10.3 Å². The molecule has 0 radical (unpaired) electrons. The van der Waals surface area contributed by atoms with Crippen LogP contribution in [-0.2, 0) is 17.8 Å². The van der Waals surface area contributed by atoms with Gasteiger partial charge in [-0.15, -0.1) is 5.10 Å². The number of carboxylic acid groups (broad SMARTS) is 1. The van der Waals surface area contributed by atoms with Crippen LogP contribution in [0, 0.1) is 0 Å². The molecule has 0 aliphatic carbocycles. The Morgan fingerprint density at radius 2 is 2.06 bits per heavy atom. The van der Waals surface area contributed by atoms with E-state index >= 15 is 0 Å². The van der Waals surface area contributed by atoms with Gasteiger partial charge < -0.3 is 10.0 Å². The predicted molar refractivity (Wildman–Crippen MR) is 59.7 cm³/mol. The van der Waals surface area contributed by atoms with Crippen LogP contribution in [0.3, 0.4) is 0 Å². The van der Waals surface area contributed by atoms with Gasteiger partial charge >= 0.3 is 5.97 Å². The summed E-state index contributed by atoms with van der Waals surface area (Å²) in [6, 6.07) is 0. The molecule has 0 spiro atoms. The fourth-order valence-electron chi connectivity index (χ4n) is 1.40. The molecule has 1 aromatic rings. The van der Waals surface area contributed by atoms with Crippen molar-refractivity contribution in [1.82, 2.24) is 19.9 Å². The Hall–Kier alpha value is -1.92. The molecular weight excluding hydrogens is 224 g/mol. The largest absolute Gasteiger partial charge is 0.476 e. The minimum Gasteiger partial charge on any atom is -0.476 e. The number of hydrogen-bond acceptors (Lipinski definition) is 4. The van der Waals surface area contributed by atoms with Crippen molar-refractivity contribution < 1.29 is 14.7 Å². The van der Waals surface area contributed by atoms with E-state index < -0.39 is 5.97 Å². The van der Waals surface area contributed by atoms with Gasteiger partial charge in [-0.2, -0.15) is 0 Å². The van der Waals surface area contributed by atoms with E-state index in [1.54, 1.807) is 18.9 Å². The average molecular weight is 240 g/mol. The van der Waals surface area contributed by atoms with Gasteiger partial charge in [0.2, 0.25) is 5.91 Å². The van der Waals surface area contributed by atoms with Gasteiger partial charge in [0, 0.05) is 13.6 Å². The summed E-state index contributed by atoms with van der Waals surface area (Å²) < 4.78 is 1.35. The number of carboxylic acids is 1. The first kappa shape index (κ1) is 13.1. The van der Waals surface area contributed by atoms with Crippen molar-refractivity contribution in [3.63, 3.8) is 0 Å². The Morgan fingerprint density at radius 3 is 2.53 bits per heavy atom. The van der Waals surface area contributed by atoms with Crippen LogP contribution in [0.2, 0.25) is 0 Å². The zero-order valence-corrected chi connectivity index (χ0v) is 10.2. The zero-order chi connectivity index (χ0) is 13.0. The lowest BCUT2D eigenvalue weighted by atomic mass is 10.2. The van der Waals surface area contributed by atoms with E-state index in [1.807, 2.05) is 6.92 Å². The summed E-state index contributed by atoms with van der Waals surface area (Å²) in [5, 5.41) is 16.2. The van der Waals surface area contributed by atoms with Crippen molar-refractivity contribution in [2.75, 3.05) is 13.6 Å². The molecule has 1 rings (SSSR count). The van der Waals surface area contributed by atoms with E-state index in [0.717, 1.165) is 0 Å². The molecule has 0 saturated carbocycles. The van der Waals surface area contributed by atoms with E-state index in [1.165, 1.54) is 4.68 Å². The summed E-state index contributed by atoms with van der Waals surface area (Å²) in [4.78, 5) is 24.1. The third kappa shape index (κ3) is 2.80. The van der Waals surface area contributed by atoms with Crippen LogP contribution in [-0.4, -0.2) is 50.5 Å². The van der Waals surface area contributed by atoms with E-state index in [-0.39, 0.29) is 18.1 Å². The molecule has 0 aliphatic rings. The summed E-state index contributed by atoms with van der Waals surface area (Å²) in [7, 11) is 1.68. The van der Waals surface area contributed by atoms with Crippen molar-refractivity contribution in [2.45, 2.75) is 26.8 Å². The predicted octanol–water partition coefficient (Wildman–Crippen LogP) is 0.0170. The normalized spacial score (nSPS) is 10.3. The van der Waals surface area contributed by atoms with Gasteiger partial charge in [-0.05, 0) is 13.3 Å². The second kappa shape index (κ2) is 5.42. The molecule has 1 N–H and O–H groups in total. The van der Waals surface area contributed by atoms with Crippen LogP contribution >= 0.6 is 0 Å². The molecule has 7 heteroatoms. The molecule has 17 heavy (non-hydrogen) atoms. The topological polar surface area (TPSA) is 88.3 Å². The van der Waals surface area contributed by atoms with E-state index in [9.17, 15) is 9.59 Å². The number of carbonyl (C=O) groups is 2. The first-order valence-electron chi connectivity index (χ1n) is 5.40. The SMILES string of the molecule is CCc1c(C(=O)O)nnn1CC(=O)N(C)CC. The summed E-state index contributed by atoms with van der Waals surface area (Å²) >= 11 is 0. The maximum Gasteiger partial charge on any atom is 0.358 e. The van der Waals surface area contributed by atoms with Crippen LogP contribution in [0.1, 0.15) is 30.0 Å². The van der Waals surface area contributed by atoms with Crippen LogP contribution in [0.25, 0.3) is 0 Å². The third-order valence-corrected chi connectivity index (χ3v) is 2.56. The molecule has 0 unspecified atom stereocenters. The lowest BCUT2D eigenvalue weighted by Gasteiger charge is -2.14. The molecule has 94 valence electrons. The van der Waals surface area contributed by atoms with Gasteiger partial charge in [0.1, 0.15) is 6.54 Å². The molecular formula is C10H16N4O3. The minimum atomic E-state index is -1.12. The Balaban J connectivity index is 2.92. The number of hydrogen-bond donors (Lipinski definition) is 1. The number of amides is 1. The Kier molecular flexibility index (Phi) is 4.19. The first-order valence-corrected chi connectivity index (χ1v) is 5.40. The van der Waals surface area contributed by atoms with Crippen LogP contribution in [0.5, 0.6) is 0 Å². The standard InChI is InChI=1S/C10H16N4O3/c1-4-7-9(10(16)17)11-12-14(7)6-8(15)13(3)5-2/h4-6H2,1-3H3,(H,16,17). The molecule has 0 bridgehead atoms. The summed E-state index contributed by atoms with van der Waals surface area (Å²) in [6.07, 6.45) is 0.470. The monoisotopic (exact) mass is 240 g/mol. The Morgan fingerprint density at radius 1 is 1.41 bits per heavy atom. The van der Waals surface area contributed by atoms with E-state index in [4.69, 9.17) is 5.11 Å². The smallest absolute Gasteiger partial charge is 0.358 e. The van der Waals surface area contributed by atoms with Crippen LogP contribution < -0.4 is 0 Å². The van der Waals surface area contributed by atoms with Crippen molar-refractivity contribution in [2.24, 2.45) is 0 Å². The highest BCUT2D eigenvalue weighted by Crippen LogP contribution is 2.06. The first-order chi connectivity index (χ1) is 8.01. The quantitative estimate of drug-likeness (QED) is 0.783. The van der Waals surface area contributed by atoms with Crippen molar-refractivity contribution >= 4 is 11.9 Å². The lowest BCUT2D eigenvalue weighted by Crippen LogP contribution is -2.30. The van der Waals surface area contributed by atoms with Gasteiger partial charge in [0.25, 0.3) is 0 Å². The fraction of sp³-hybridized carbons (Fsp3) is 0.600. The summed E-state index contributed by atoms with van der Waals surface area (Å²) in [5.74, 6) is -1.24. The number of carbonyl (C=O) groups excluding carboxylic acids is 1. The van der Waals surface area contributed by atoms with Crippen LogP contribution in [0.4, 0.5) is 0 Å². The van der Waals surface area contributed by atoms with Crippen molar-refractivity contribution in [1.29, 1.82) is 0 Å².